The van der Waals surface area contributed by atoms with Crippen LogP contribution in [0.5, 0.6) is 11.5 Å². The van der Waals surface area contributed by atoms with Crippen LogP contribution < -0.4 is 14.8 Å². The summed E-state index contributed by atoms with van der Waals surface area (Å²) in [5.41, 5.74) is -0.983. The third-order valence-electron chi connectivity index (χ3n) is 2.68. The van der Waals surface area contributed by atoms with Crippen molar-refractivity contribution in [2.24, 2.45) is 0 Å². The lowest BCUT2D eigenvalue weighted by Gasteiger charge is -2.26. The zero-order valence-electron chi connectivity index (χ0n) is 10.7. The molecule has 102 valence electrons. The maximum absolute atomic E-state index is 10.4. The van der Waals surface area contributed by atoms with E-state index in [0.29, 0.717) is 24.1 Å². The normalized spacial score (nSPS) is 16.9. The highest BCUT2D eigenvalue weighted by atomic mass is 35.5. The minimum Gasteiger partial charge on any atom is -0.487 e. The molecule has 0 aromatic heterocycles. The van der Waals surface area contributed by atoms with E-state index in [1.165, 1.54) is 0 Å². The van der Waals surface area contributed by atoms with Gasteiger partial charge in [0.2, 0.25) is 0 Å². The van der Waals surface area contributed by atoms with Crippen molar-refractivity contribution >= 4 is 12.4 Å². The largest absolute Gasteiger partial charge is 0.487 e. The van der Waals surface area contributed by atoms with E-state index in [1.54, 1.807) is 0 Å². The van der Waals surface area contributed by atoms with E-state index in [4.69, 9.17) is 9.47 Å². The van der Waals surface area contributed by atoms with Crippen molar-refractivity contribution in [2.75, 3.05) is 19.8 Å². The second kappa shape index (κ2) is 6.27. The summed E-state index contributed by atoms with van der Waals surface area (Å²) >= 11 is 0. The van der Waals surface area contributed by atoms with E-state index >= 15 is 0 Å². The van der Waals surface area contributed by atoms with E-state index in [1.807, 2.05) is 38.1 Å². The quantitative estimate of drug-likeness (QED) is 0.879. The maximum Gasteiger partial charge on any atom is 0.161 e. The molecule has 0 bridgehead atoms. The van der Waals surface area contributed by atoms with Crippen molar-refractivity contribution in [3.63, 3.8) is 0 Å². The molecule has 0 saturated heterocycles. The number of nitrogens with one attached hydrogen (secondary N) is 1. The predicted molar refractivity (Wildman–Crippen MR) is 72.8 cm³/mol. The van der Waals surface area contributed by atoms with Crippen LogP contribution in [0, 0.1) is 0 Å². The van der Waals surface area contributed by atoms with Gasteiger partial charge in [-0.25, -0.2) is 0 Å². The van der Waals surface area contributed by atoms with Crippen molar-refractivity contribution in [1.82, 2.24) is 5.32 Å². The van der Waals surface area contributed by atoms with E-state index in [-0.39, 0.29) is 25.6 Å². The number of benzene rings is 1. The summed E-state index contributed by atoms with van der Waals surface area (Å²) in [6, 6.07) is 7.79. The van der Waals surface area contributed by atoms with Gasteiger partial charge in [0.25, 0.3) is 0 Å². The first kappa shape index (κ1) is 15.1. The Balaban J connectivity index is 0.00000162. The molecule has 1 aromatic rings. The van der Waals surface area contributed by atoms with Crippen LogP contribution in [-0.4, -0.2) is 36.5 Å². The number of aliphatic hydroxyl groups is 1. The molecule has 0 fully saturated rings. The molecule has 2 rings (SSSR count). The zero-order valence-corrected chi connectivity index (χ0v) is 11.5. The molecule has 18 heavy (non-hydrogen) atoms. The van der Waals surface area contributed by atoms with Gasteiger partial charge >= 0.3 is 0 Å². The maximum atomic E-state index is 10.4. The summed E-state index contributed by atoms with van der Waals surface area (Å²) in [7, 11) is 0. The first-order chi connectivity index (χ1) is 8.09. The molecule has 5 heteroatoms. The lowest BCUT2D eigenvalue weighted by atomic mass is 10.1. The summed E-state index contributed by atoms with van der Waals surface area (Å²) in [4.78, 5) is 0. The van der Waals surface area contributed by atoms with Gasteiger partial charge in [-0.2, -0.15) is 0 Å². The topological polar surface area (TPSA) is 50.7 Å². The number of hydrogen-bond acceptors (Lipinski definition) is 4. The average molecular weight is 274 g/mol. The predicted octanol–water partition coefficient (Wildman–Crippen LogP) is 1.61. The van der Waals surface area contributed by atoms with E-state index in [0.717, 1.165) is 0 Å². The Morgan fingerprint density at radius 2 is 1.72 bits per heavy atom. The Hall–Kier alpha value is -0.970. The molecule has 0 aliphatic carbocycles. The molecule has 1 heterocycles. The van der Waals surface area contributed by atoms with E-state index in [9.17, 15) is 5.11 Å². The molecule has 1 aliphatic rings. The molecule has 1 aliphatic heterocycles. The monoisotopic (exact) mass is 273 g/mol. The molecular weight excluding hydrogens is 254 g/mol. The molecule has 0 atom stereocenters. The van der Waals surface area contributed by atoms with Crippen LogP contribution in [0.2, 0.25) is 0 Å². The molecule has 0 saturated carbocycles. The highest BCUT2D eigenvalue weighted by Crippen LogP contribution is 2.30. The van der Waals surface area contributed by atoms with Crippen LogP contribution >= 0.6 is 12.4 Å². The highest BCUT2D eigenvalue weighted by molar-refractivity contribution is 5.85. The van der Waals surface area contributed by atoms with Crippen molar-refractivity contribution in [2.45, 2.75) is 25.5 Å². The van der Waals surface area contributed by atoms with Crippen LogP contribution in [0.3, 0.4) is 0 Å². The number of rotatable bonds is 3. The van der Waals surface area contributed by atoms with Gasteiger partial charge in [0.1, 0.15) is 18.8 Å². The molecule has 1 aromatic carbocycles. The van der Waals surface area contributed by atoms with Gasteiger partial charge in [-0.1, -0.05) is 26.0 Å². The van der Waals surface area contributed by atoms with Crippen LogP contribution in [0.1, 0.15) is 13.8 Å². The minimum absolute atomic E-state index is 0. The average Bonchev–Trinajstić information content (AvgIpc) is 2.48. The smallest absolute Gasteiger partial charge is 0.161 e. The number of hydrogen-bond donors (Lipinski definition) is 2. The van der Waals surface area contributed by atoms with Gasteiger partial charge in [-0.05, 0) is 12.1 Å². The zero-order chi connectivity index (χ0) is 12.3. The molecule has 2 N–H and O–H groups in total. The lowest BCUT2D eigenvalue weighted by molar-refractivity contribution is -0.0277. The molecule has 0 amide bonds. The van der Waals surface area contributed by atoms with Gasteiger partial charge in [-0.3, -0.25) is 0 Å². The first-order valence-corrected chi connectivity index (χ1v) is 5.89. The van der Waals surface area contributed by atoms with Gasteiger partial charge in [-0.15, -0.1) is 12.4 Å². The Morgan fingerprint density at radius 1 is 1.22 bits per heavy atom. The Morgan fingerprint density at radius 3 is 2.17 bits per heavy atom. The molecule has 0 spiro atoms. The third kappa shape index (κ3) is 3.77. The van der Waals surface area contributed by atoms with E-state index < -0.39 is 5.60 Å². The van der Waals surface area contributed by atoms with Gasteiger partial charge < -0.3 is 19.9 Å². The second-order valence-electron chi connectivity index (χ2n) is 4.78. The van der Waals surface area contributed by atoms with Crippen molar-refractivity contribution in [3.05, 3.63) is 24.3 Å². The summed E-state index contributed by atoms with van der Waals surface area (Å²) < 4.78 is 11.2. The molecular formula is C13H20ClNO3. The summed E-state index contributed by atoms with van der Waals surface area (Å²) in [6.07, 6.45) is 0. The SMILES string of the molecule is CC(C)NCC1(O)COc2ccccc2OC1.Cl. The lowest BCUT2D eigenvalue weighted by Crippen LogP contribution is -2.50. The first-order valence-electron chi connectivity index (χ1n) is 5.89. The summed E-state index contributed by atoms with van der Waals surface area (Å²) in [5.74, 6) is 1.38. The van der Waals surface area contributed by atoms with Crippen molar-refractivity contribution < 1.29 is 14.6 Å². The van der Waals surface area contributed by atoms with Crippen LogP contribution in [0.25, 0.3) is 0 Å². The second-order valence-corrected chi connectivity index (χ2v) is 4.78. The minimum atomic E-state index is -0.983. The highest BCUT2D eigenvalue weighted by Gasteiger charge is 2.32. The van der Waals surface area contributed by atoms with Gasteiger partial charge in [0.05, 0.1) is 0 Å². The van der Waals surface area contributed by atoms with Gasteiger partial charge in [0, 0.05) is 12.6 Å². The van der Waals surface area contributed by atoms with Crippen LogP contribution in [0.15, 0.2) is 24.3 Å². The third-order valence-corrected chi connectivity index (χ3v) is 2.68. The Kier molecular flexibility index (Phi) is 5.26. The van der Waals surface area contributed by atoms with Gasteiger partial charge in [0.15, 0.2) is 11.5 Å². The number of halogens is 1. The van der Waals surface area contributed by atoms with E-state index in [2.05, 4.69) is 5.32 Å². The molecule has 4 nitrogen and oxygen atoms in total. The fourth-order valence-electron chi connectivity index (χ4n) is 1.65. The fraction of sp³-hybridized carbons (Fsp3) is 0.538. The molecule has 0 unspecified atom stereocenters. The Bertz CT molecular complexity index is 357. The number of para-hydroxylation sites is 2. The Labute approximate surface area is 114 Å². The summed E-state index contributed by atoms with van der Waals surface area (Å²) in [5, 5.41) is 13.6. The summed E-state index contributed by atoms with van der Waals surface area (Å²) in [6.45, 7) is 5.01. The molecule has 0 radical (unpaired) electrons. The van der Waals surface area contributed by atoms with Crippen molar-refractivity contribution in [1.29, 1.82) is 0 Å². The number of fused-ring (bicyclic) bond motifs is 1. The van der Waals surface area contributed by atoms with Crippen LogP contribution in [0.4, 0.5) is 0 Å². The van der Waals surface area contributed by atoms with Crippen molar-refractivity contribution in [3.8, 4) is 11.5 Å². The fourth-order valence-corrected chi connectivity index (χ4v) is 1.65. The number of ether oxygens (including phenoxy) is 2. The standard InChI is InChI=1S/C13H19NO3.ClH/c1-10(2)14-7-13(15)8-16-11-5-3-4-6-12(11)17-9-13;/h3-6,10,14-15H,7-9H2,1-2H3;1H. The van der Waals surface area contributed by atoms with Crippen LogP contribution in [-0.2, 0) is 0 Å².